The second-order valence-corrected chi connectivity index (χ2v) is 8.06. The van der Waals surface area contributed by atoms with Gasteiger partial charge in [0.2, 0.25) is 18.6 Å². The van der Waals surface area contributed by atoms with E-state index in [-0.39, 0.29) is 30.1 Å². The van der Waals surface area contributed by atoms with Crippen LogP contribution in [0.15, 0.2) is 35.1 Å². The first kappa shape index (κ1) is 19.9. The number of nitrogens with zero attached hydrogens (tertiary/aromatic N) is 3. The summed E-state index contributed by atoms with van der Waals surface area (Å²) in [4.78, 5) is 38.9. The number of hydrogen-bond acceptors (Lipinski definition) is 6. The molecule has 9 nitrogen and oxygen atoms in total. The molecule has 30 heavy (non-hydrogen) atoms. The van der Waals surface area contributed by atoms with E-state index in [2.05, 4.69) is 5.10 Å². The van der Waals surface area contributed by atoms with Crippen LogP contribution in [0.25, 0.3) is 11.3 Å². The lowest BCUT2D eigenvalue weighted by molar-refractivity contribution is -0.142. The van der Waals surface area contributed by atoms with Gasteiger partial charge in [-0.25, -0.2) is 4.68 Å². The highest BCUT2D eigenvalue weighted by Crippen LogP contribution is 2.35. The summed E-state index contributed by atoms with van der Waals surface area (Å²) in [6, 6.07) is 8.43. The van der Waals surface area contributed by atoms with Gasteiger partial charge in [-0.3, -0.25) is 14.4 Å². The average molecular weight is 412 g/mol. The van der Waals surface area contributed by atoms with Crippen LogP contribution in [-0.2, 0) is 15.1 Å². The third-order valence-electron chi connectivity index (χ3n) is 5.71. The normalized spacial score (nSPS) is 16.5. The molecule has 2 aromatic rings. The quantitative estimate of drug-likeness (QED) is 0.804. The highest BCUT2D eigenvalue weighted by molar-refractivity contribution is 5.84. The van der Waals surface area contributed by atoms with Gasteiger partial charge < -0.3 is 20.1 Å². The lowest BCUT2D eigenvalue weighted by atomic mass is 9.94. The predicted molar refractivity (Wildman–Crippen MR) is 108 cm³/mol. The van der Waals surface area contributed by atoms with Gasteiger partial charge in [0.05, 0.1) is 5.69 Å². The minimum Gasteiger partial charge on any atom is -0.454 e. The summed E-state index contributed by atoms with van der Waals surface area (Å²) in [5.74, 6) is 0.493. The van der Waals surface area contributed by atoms with Crippen LogP contribution in [-0.4, -0.2) is 46.4 Å². The molecular weight excluding hydrogens is 388 g/mol. The number of aromatic nitrogens is 2. The predicted octanol–water partition coefficient (Wildman–Crippen LogP) is 1.10. The third kappa shape index (κ3) is 3.51. The van der Waals surface area contributed by atoms with Crippen LogP contribution in [0.2, 0.25) is 0 Å². The van der Waals surface area contributed by atoms with Crippen molar-refractivity contribution in [1.29, 1.82) is 0 Å². The molecule has 0 bridgehead atoms. The van der Waals surface area contributed by atoms with Gasteiger partial charge in [-0.1, -0.05) is 0 Å². The molecule has 2 aliphatic rings. The van der Waals surface area contributed by atoms with Crippen LogP contribution in [0.5, 0.6) is 11.5 Å². The fraction of sp³-hybridized carbons (Fsp3) is 0.429. The number of piperidine rings is 1. The molecule has 9 heteroatoms. The van der Waals surface area contributed by atoms with E-state index in [1.165, 1.54) is 10.7 Å². The average Bonchev–Trinajstić information content (AvgIpc) is 3.21. The molecule has 1 aromatic carbocycles. The first-order valence-electron chi connectivity index (χ1n) is 9.87. The van der Waals surface area contributed by atoms with E-state index < -0.39 is 5.54 Å². The van der Waals surface area contributed by atoms with Gasteiger partial charge in [0.15, 0.2) is 11.5 Å². The first-order valence-corrected chi connectivity index (χ1v) is 9.87. The van der Waals surface area contributed by atoms with Crippen LogP contribution in [0.1, 0.15) is 26.7 Å². The Morgan fingerprint density at radius 3 is 2.50 bits per heavy atom. The van der Waals surface area contributed by atoms with Crippen molar-refractivity contribution < 1.29 is 19.1 Å². The maximum atomic E-state index is 13.2. The van der Waals surface area contributed by atoms with Crippen LogP contribution < -0.4 is 20.8 Å². The van der Waals surface area contributed by atoms with E-state index in [9.17, 15) is 14.4 Å². The zero-order valence-corrected chi connectivity index (χ0v) is 17.0. The second kappa shape index (κ2) is 7.47. The van der Waals surface area contributed by atoms with Gasteiger partial charge in [0, 0.05) is 30.6 Å². The molecular formula is C21H24N4O5. The Hall–Kier alpha value is -3.36. The van der Waals surface area contributed by atoms with E-state index in [4.69, 9.17) is 15.2 Å². The number of ether oxygens (including phenoxy) is 2. The largest absolute Gasteiger partial charge is 0.454 e. The molecule has 0 spiro atoms. The van der Waals surface area contributed by atoms with Crippen molar-refractivity contribution in [2.24, 2.45) is 11.7 Å². The van der Waals surface area contributed by atoms with Crippen LogP contribution in [0, 0.1) is 5.92 Å². The SMILES string of the molecule is CC(C)(C(=O)N1CCC(C(N)=O)CC1)n1nc(-c2ccc3c(c2)OCO3)ccc1=O. The highest BCUT2D eigenvalue weighted by atomic mass is 16.7. The Kier molecular flexibility index (Phi) is 4.97. The molecule has 2 amide bonds. The van der Waals surface area contributed by atoms with Gasteiger partial charge in [-0.15, -0.1) is 0 Å². The van der Waals surface area contributed by atoms with Crippen LogP contribution in [0.4, 0.5) is 0 Å². The van der Waals surface area contributed by atoms with Crippen molar-refractivity contribution >= 4 is 11.8 Å². The molecule has 158 valence electrons. The van der Waals surface area contributed by atoms with E-state index in [0.29, 0.717) is 43.1 Å². The number of nitrogens with two attached hydrogens (primary N) is 1. The fourth-order valence-electron chi connectivity index (χ4n) is 3.87. The number of benzene rings is 1. The first-order chi connectivity index (χ1) is 14.3. The number of fused-ring (bicyclic) bond motifs is 1. The number of hydrogen-bond donors (Lipinski definition) is 1. The third-order valence-corrected chi connectivity index (χ3v) is 5.71. The Balaban J connectivity index is 1.61. The molecule has 0 radical (unpaired) electrons. The summed E-state index contributed by atoms with van der Waals surface area (Å²) in [7, 11) is 0. The lowest BCUT2D eigenvalue weighted by Gasteiger charge is -2.36. The van der Waals surface area contributed by atoms with E-state index in [1.807, 2.05) is 6.07 Å². The van der Waals surface area contributed by atoms with Gasteiger partial charge in [-0.05, 0) is 51.0 Å². The maximum absolute atomic E-state index is 13.2. The molecule has 2 N–H and O–H groups in total. The standard InChI is InChI=1S/C21H24N4O5/c1-21(2,20(28)24-9-7-13(8-10-24)19(22)27)25-18(26)6-4-15(23-25)14-3-5-16-17(11-14)30-12-29-16/h3-6,11,13H,7-10,12H2,1-2H3,(H2,22,27). The smallest absolute Gasteiger partial charge is 0.267 e. The van der Waals surface area contributed by atoms with Crippen molar-refractivity contribution in [3.05, 3.63) is 40.7 Å². The molecule has 4 rings (SSSR count). The molecule has 3 heterocycles. The maximum Gasteiger partial charge on any atom is 0.267 e. The Labute approximate surface area is 173 Å². The zero-order chi connectivity index (χ0) is 21.5. The number of likely N-dealkylation sites (tertiary alicyclic amines) is 1. The summed E-state index contributed by atoms with van der Waals surface area (Å²) in [6.45, 7) is 4.36. The van der Waals surface area contributed by atoms with Crippen molar-refractivity contribution in [3.8, 4) is 22.8 Å². The van der Waals surface area contributed by atoms with Crippen LogP contribution in [0.3, 0.4) is 0 Å². The van der Waals surface area contributed by atoms with Gasteiger partial charge in [-0.2, -0.15) is 5.10 Å². The van der Waals surface area contributed by atoms with Crippen LogP contribution >= 0.6 is 0 Å². The molecule has 0 aliphatic carbocycles. The van der Waals surface area contributed by atoms with Crippen molar-refractivity contribution in [3.63, 3.8) is 0 Å². The Morgan fingerprint density at radius 2 is 1.80 bits per heavy atom. The minimum atomic E-state index is -1.19. The van der Waals surface area contributed by atoms with Gasteiger partial charge in [0.1, 0.15) is 5.54 Å². The second-order valence-electron chi connectivity index (χ2n) is 8.06. The lowest BCUT2D eigenvalue weighted by Crippen LogP contribution is -2.53. The summed E-state index contributed by atoms with van der Waals surface area (Å²) in [5, 5.41) is 4.48. The molecule has 1 aromatic heterocycles. The Morgan fingerprint density at radius 1 is 1.10 bits per heavy atom. The molecule has 1 saturated heterocycles. The van der Waals surface area contributed by atoms with E-state index >= 15 is 0 Å². The minimum absolute atomic E-state index is 0.166. The summed E-state index contributed by atoms with van der Waals surface area (Å²) >= 11 is 0. The summed E-state index contributed by atoms with van der Waals surface area (Å²) < 4.78 is 12.0. The highest BCUT2D eigenvalue weighted by Gasteiger charge is 2.38. The number of carbonyl (C=O) groups excluding carboxylic acids is 2. The summed E-state index contributed by atoms with van der Waals surface area (Å²) in [5.41, 5.74) is 5.11. The fourth-order valence-corrected chi connectivity index (χ4v) is 3.87. The van der Waals surface area contributed by atoms with Gasteiger partial charge in [0.25, 0.3) is 5.56 Å². The van der Waals surface area contributed by atoms with E-state index in [0.717, 1.165) is 5.56 Å². The molecule has 1 fully saturated rings. The number of carbonyl (C=O) groups is 2. The number of amides is 2. The van der Waals surface area contributed by atoms with Gasteiger partial charge >= 0.3 is 0 Å². The number of primary amides is 1. The molecule has 0 unspecified atom stereocenters. The van der Waals surface area contributed by atoms with Crippen molar-refractivity contribution in [2.45, 2.75) is 32.2 Å². The number of rotatable bonds is 4. The summed E-state index contributed by atoms with van der Waals surface area (Å²) in [6.07, 6.45) is 1.05. The molecule has 0 atom stereocenters. The monoisotopic (exact) mass is 412 g/mol. The Bertz CT molecular complexity index is 1050. The van der Waals surface area contributed by atoms with Crippen molar-refractivity contribution in [2.75, 3.05) is 19.9 Å². The molecule has 0 saturated carbocycles. The van der Waals surface area contributed by atoms with Crippen molar-refractivity contribution in [1.82, 2.24) is 14.7 Å². The van der Waals surface area contributed by atoms with E-state index in [1.54, 1.807) is 36.9 Å². The zero-order valence-electron chi connectivity index (χ0n) is 17.0. The topological polar surface area (TPSA) is 117 Å². The molecule has 2 aliphatic heterocycles.